The van der Waals surface area contributed by atoms with E-state index in [0.29, 0.717) is 48.5 Å². The lowest BCUT2D eigenvalue weighted by atomic mass is 9.83. The van der Waals surface area contributed by atoms with Crippen LogP contribution in [0.2, 0.25) is 0 Å². The SMILES string of the molecule is Cc1c(Cc2ccccc2)c(=O)oc2c(C)c(OCC(=O)N3C[C@H]4C[C@@H](C3)c3cccc(=O)n3C4)ccc12. The Morgan fingerprint density at radius 3 is 2.58 bits per heavy atom. The topological polar surface area (TPSA) is 81.8 Å². The molecule has 0 aliphatic carbocycles. The Morgan fingerprint density at radius 2 is 1.76 bits per heavy atom. The minimum Gasteiger partial charge on any atom is -0.483 e. The number of nitrogens with zero attached hydrogens (tertiary/aromatic N) is 2. The van der Waals surface area contributed by atoms with Crippen molar-refractivity contribution in [3.63, 3.8) is 0 Å². The summed E-state index contributed by atoms with van der Waals surface area (Å²) < 4.78 is 13.6. The van der Waals surface area contributed by atoms with Crippen molar-refractivity contribution in [2.24, 2.45) is 5.92 Å². The summed E-state index contributed by atoms with van der Waals surface area (Å²) in [5, 5.41) is 0.865. The monoisotopic (exact) mass is 510 g/mol. The molecule has 1 saturated heterocycles. The predicted molar refractivity (Wildman–Crippen MR) is 145 cm³/mol. The number of aryl methyl sites for hydroxylation is 2. The molecule has 0 unspecified atom stereocenters. The minimum absolute atomic E-state index is 0.0289. The van der Waals surface area contributed by atoms with Gasteiger partial charge in [0, 0.05) is 60.2 Å². The van der Waals surface area contributed by atoms with Crippen molar-refractivity contribution in [1.29, 1.82) is 0 Å². The second-order valence-electron chi connectivity index (χ2n) is 10.5. The summed E-state index contributed by atoms with van der Waals surface area (Å²) in [6.07, 6.45) is 1.50. The highest BCUT2D eigenvalue weighted by Crippen LogP contribution is 2.35. The third-order valence-corrected chi connectivity index (χ3v) is 8.06. The van der Waals surface area contributed by atoms with Crippen LogP contribution in [-0.2, 0) is 17.8 Å². The van der Waals surface area contributed by atoms with Gasteiger partial charge in [-0.2, -0.15) is 0 Å². The Balaban J connectivity index is 1.19. The summed E-state index contributed by atoms with van der Waals surface area (Å²) in [4.78, 5) is 40.2. The molecule has 0 N–H and O–H groups in total. The number of ether oxygens (including phenoxy) is 1. The molecule has 4 heterocycles. The molecule has 2 aromatic heterocycles. The van der Waals surface area contributed by atoms with Crippen molar-refractivity contribution < 1.29 is 13.9 Å². The molecule has 38 heavy (non-hydrogen) atoms. The van der Waals surface area contributed by atoms with Crippen LogP contribution < -0.4 is 15.9 Å². The minimum atomic E-state index is -0.352. The summed E-state index contributed by atoms with van der Waals surface area (Å²) in [5.41, 5.74) is 4.46. The fourth-order valence-electron chi connectivity index (χ4n) is 6.06. The van der Waals surface area contributed by atoms with Gasteiger partial charge in [-0.15, -0.1) is 0 Å². The maximum atomic E-state index is 13.1. The van der Waals surface area contributed by atoms with Gasteiger partial charge in [0.15, 0.2) is 6.61 Å². The third kappa shape index (κ3) is 4.32. The van der Waals surface area contributed by atoms with Crippen molar-refractivity contribution in [2.75, 3.05) is 19.7 Å². The molecule has 2 atom stereocenters. The average molecular weight is 511 g/mol. The summed E-state index contributed by atoms with van der Waals surface area (Å²) in [5.74, 6) is 0.861. The highest BCUT2D eigenvalue weighted by molar-refractivity contribution is 5.86. The van der Waals surface area contributed by atoms with Crippen LogP contribution in [0.15, 0.2) is 74.7 Å². The molecule has 2 aromatic carbocycles. The number of likely N-dealkylation sites (tertiary alicyclic amines) is 1. The molecular weight excluding hydrogens is 480 g/mol. The molecule has 2 bridgehead atoms. The number of amides is 1. The van der Waals surface area contributed by atoms with Crippen LogP contribution >= 0.6 is 0 Å². The number of aromatic nitrogens is 1. The second-order valence-corrected chi connectivity index (χ2v) is 10.5. The normalized spacial score (nSPS) is 18.3. The first-order valence-electron chi connectivity index (χ1n) is 13.1. The smallest absolute Gasteiger partial charge is 0.340 e. The maximum absolute atomic E-state index is 13.1. The molecule has 7 nitrogen and oxygen atoms in total. The number of piperidine rings is 1. The number of hydrogen-bond donors (Lipinski definition) is 0. The number of rotatable bonds is 5. The molecule has 2 aliphatic rings. The molecule has 2 aliphatic heterocycles. The van der Waals surface area contributed by atoms with Gasteiger partial charge >= 0.3 is 5.63 Å². The molecular formula is C31H30N2O5. The number of hydrogen-bond acceptors (Lipinski definition) is 5. The second kappa shape index (κ2) is 9.63. The quantitative estimate of drug-likeness (QED) is 0.376. The van der Waals surface area contributed by atoms with Gasteiger partial charge in [-0.05, 0) is 55.5 Å². The molecule has 0 saturated carbocycles. The number of fused-ring (bicyclic) bond motifs is 5. The van der Waals surface area contributed by atoms with Gasteiger partial charge in [0.2, 0.25) is 0 Å². The van der Waals surface area contributed by atoms with E-state index in [4.69, 9.17) is 9.15 Å². The summed E-state index contributed by atoms with van der Waals surface area (Å²) in [7, 11) is 0. The van der Waals surface area contributed by atoms with Gasteiger partial charge in [-0.25, -0.2) is 4.79 Å². The number of carbonyl (C=O) groups is 1. The van der Waals surface area contributed by atoms with E-state index >= 15 is 0 Å². The fraction of sp³-hybridized carbons (Fsp3) is 0.323. The number of carbonyl (C=O) groups excluding carboxylic acids is 1. The van der Waals surface area contributed by atoms with Crippen LogP contribution in [0, 0.1) is 19.8 Å². The molecule has 7 heteroatoms. The summed E-state index contributed by atoms with van der Waals surface area (Å²) in [6, 6.07) is 19.0. The molecule has 6 rings (SSSR count). The van der Waals surface area contributed by atoms with Gasteiger partial charge in [0.1, 0.15) is 11.3 Å². The Kier molecular flexibility index (Phi) is 6.14. The first-order valence-corrected chi connectivity index (χ1v) is 13.1. The molecule has 1 fully saturated rings. The predicted octanol–water partition coefficient (Wildman–Crippen LogP) is 4.19. The summed E-state index contributed by atoms with van der Waals surface area (Å²) >= 11 is 0. The Morgan fingerprint density at radius 1 is 0.947 bits per heavy atom. The summed E-state index contributed by atoms with van der Waals surface area (Å²) in [6.45, 7) is 5.54. The van der Waals surface area contributed by atoms with Crippen LogP contribution in [0.1, 0.15) is 40.3 Å². The van der Waals surface area contributed by atoms with E-state index in [1.165, 1.54) is 0 Å². The van der Waals surface area contributed by atoms with Gasteiger partial charge in [0.05, 0.1) is 0 Å². The van der Waals surface area contributed by atoms with E-state index in [9.17, 15) is 14.4 Å². The van der Waals surface area contributed by atoms with Crippen LogP contribution in [0.4, 0.5) is 0 Å². The molecule has 0 radical (unpaired) electrons. The van der Waals surface area contributed by atoms with Crippen molar-refractivity contribution in [3.8, 4) is 5.75 Å². The standard InChI is InChI=1S/C31H30N2O5/c1-19-24-11-12-27(20(2)30(24)38-31(36)25(19)14-21-7-4-3-5-8-21)37-18-29(35)32-15-22-13-23(17-32)26-9-6-10-28(34)33(26)16-22/h3-12,22-23H,13-18H2,1-2H3/t22-,23+/m1/s1. The Hall–Kier alpha value is -4.13. The van der Waals surface area contributed by atoms with Crippen LogP contribution in [0.5, 0.6) is 5.75 Å². The lowest BCUT2D eigenvalue weighted by Gasteiger charge is -2.42. The van der Waals surface area contributed by atoms with E-state index < -0.39 is 0 Å². The van der Waals surface area contributed by atoms with Crippen LogP contribution in [0.3, 0.4) is 0 Å². The number of pyridine rings is 1. The van der Waals surface area contributed by atoms with Crippen molar-refractivity contribution >= 4 is 16.9 Å². The Labute approximate surface area is 220 Å². The lowest BCUT2D eigenvalue weighted by molar-refractivity contribution is -0.136. The van der Waals surface area contributed by atoms with Crippen molar-refractivity contribution in [2.45, 2.75) is 39.2 Å². The fourth-order valence-corrected chi connectivity index (χ4v) is 6.06. The third-order valence-electron chi connectivity index (χ3n) is 8.06. The first kappa shape index (κ1) is 24.2. The highest BCUT2D eigenvalue weighted by Gasteiger charge is 2.36. The van der Waals surface area contributed by atoms with E-state index in [2.05, 4.69) is 0 Å². The zero-order valence-electron chi connectivity index (χ0n) is 21.6. The van der Waals surface area contributed by atoms with E-state index in [1.54, 1.807) is 12.1 Å². The van der Waals surface area contributed by atoms with Crippen LogP contribution in [-0.4, -0.2) is 35.1 Å². The molecule has 194 valence electrons. The molecule has 1 amide bonds. The Bertz CT molecular complexity index is 1650. The van der Waals surface area contributed by atoms with E-state index in [1.807, 2.05) is 71.8 Å². The van der Waals surface area contributed by atoms with Gasteiger partial charge < -0.3 is 18.6 Å². The van der Waals surface area contributed by atoms with Gasteiger partial charge in [-0.3, -0.25) is 9.59 Å². The molecule has 0 spiro atoms. The van der Waals surface area contributed by atoms with Gasteiger partial charge in [0.25, 0.3) is 11.5 Å². The maximum Gasteiger partial charge on any atom is 0.340 e. The largest absolute Gasteiger partial charge is 0.483 e. The van der Waals surface area contributed by atoms with Crippen molar-refractivity contribution in [1.82, 2.24) is 9.47 Å². The van der Waals surface area contributed by atoms with Crippen molar-refractivity contribution in [3.05, 3.63) is 109 Å². The van der Waals surface area contributed by atoms with E-state index in [0.717, 1.165) is 28.6 Å². The molecule has 4 aromatic rings. The highest BCUT2D eigenvalue weighted by atomic mass is 16.5. The lowest BCUT2D eigenvalue weighted by Crippen LogP contribution is -2.50. The van der Waals surface area contributed by atoms with E-state index in [-0.39, 0.29) is 35.5 Å². The van der Waals surface area contributed by atoms with Crippen LogP contribution in [0.25, 0.3) is 11.0 Å². The first-order chi connectivity index (χ1) is 18.4. The number of benzene rings is 2. The average Bonchev–Trinajstić information content (AvgIpc) is 2.92. The zero-order valence-corrected chi connectivity index (χ0v) is 21.6. The van der Waals surface area contributed by atoms with Gasteiger partial charge in [-0.1, -0.05) is 36.4 Å². The zero-order chi connectivity index (χ0) is 26.4.